The normalized spacial score (nSPS) is 18.1. The fourth-order valence-corrected chi connectivity index (χ4v) is 2.49. The molecule has 1 aliphatic heterocycles. The molecule has 1 amide bonds. The number of hydrogen-bond acceptors (Lipinski definition) is 6. The van der Waals surface area contributed by atoms with Gasteiger partial charge in [-0.1, -0.05) is 0 Å². The Morgan fingerprint density at radius 3 is 2.78 bits per heavy atom. The molecular formula is C16H25N3O4. The van der Waals surface area contributed by atoms with E-state index in [9.17, 15) is 4.79 Å². The summed E-state index contributed by atoms with van der Waals surface area (Å²) >= 11 is 0. The van der Waals surface area contributed by atoms with E-state index in [0.717, 1.165) is 12.8 Å². The first-order valence-corrected chi connectivity index (χ1v) is 7.82. The van der Waals surface area contributed by atoms with Gasteiger partial charge in [-0.05, 0) is 33.6 Å². The van der Waals surface area contributed by atoms with Gasteiger partial charge in [0.25, 0.3) is 0 Å². The van der Waals surface area contributed by atoms with Crippen LogP contribution < -0.4 is 4.74 Å². The van der Waals surface area contributed by atoms with Gasteiger partial charge in [-0.3, -0.25) is 4.98 Å². The number of hydrogen-bond donors (Lipinski definition) is 0. The van der Waals surface area contributed by atoms with Crippen LogP contribution in [0.1, 0.15) is 39.3 Å². The third-order valence-electron chi connectivity index (χ3n) is 3.48. The van der Waals surface area contributed by atoms with E-state index in [4.69, 9.17) is 14.2 Å². The summed E-state index contributed by atoms with van der Waals surface area (Å²) in [4.78, 5) is 22.2. The van der Waals surface area contributed by atoms with Crippen molar-refractivity contribution in [3.63, 3.8) is 0 Å². The highest BCUT2D eigenvalue weighted by molar-refractivity contribution is 5.68. The van der Waals surface area contributed by atoms with Gasteiger partial charge < -0.3 is 19.1 Å². The molecule has 0 aromatic carbocycles. The molecule has 23 heavy (non-hydrogen) atoms. The Morgan fingerprint density at radius 1 is 1.35 bits per heavy atom. The molecule has 0 N–H and O–H groups in total. The average Bonchev–Trinajstić information content (AvgIpc) is 2.94. The van der Waals surface area contributed by atoms with Crippen molar-refractivity contribution in [1.82, 2.24) is 14.9 Å². The number of likely N-dealkylation sites (tertiary alicyclic amines) is 1. The Kier molecular flexibility index (Phi) is 5.76. The van der Waals surface area contributed by atoms with E-state index in [0.29, 0.717) is 31.3 Å². The first kappa shape index (κ1) is 17.5. The molecule has 0 bridgehead atoms. The molecule has 1 aromatic heterocycles. The zero-order valence-corrected chi connectivity index (χ0v) is 14.2. The smallest absolute Gasteiger partial charge is 0.410 e. The Labute approximate surface area is 137 Å². The van der Waals surface area contributed by atoms with Crippen LogP contribution >= 0.6 is 0 Å². The molecule has 1 aromatic rings. The number of aromatic nitrogens is 2. The molecule has 2 heterocycles. The molecule has 0 unspecified atom stereocenters. The third-order valence-corrected chi connectivity index (χ3v) is 3.48. The van der Waals surface area contributed by atoms with Crippen LogP contribution in [-0.2, 0) is 16.1 Å². The lowest BCUT2D eigenvalue weighted by Crippen LogP contribution is -2.41. The van der Waals surface area contributed by atoms with E-state index < -0.39 is 5.60 Å². The van der Waals surface area contributed by atoms with Gasteiger partial charge in [-0.2, -0.15) is 0 Å². The number of rotatable bonds is 5. The maximum Gasteiger partial charge on any atom is 0.410 e. The molecule has 128 valence electrons. The van der Waals surface area contributed by atoms with Crippen molar-refractivity contribution in [1.29, 1.82) is 0 Å². The average molecular weight is 323 g/mol. The van der Waals surface area contributed by atoms with E-state index in [1.54, 1.807) is 24.4 Å². The predicted octanol–water partition coefficient (Wildman–Crippen LogP) is 2.40. The van der Waals surface area contributed by atoms with Crippen molar-refractivity contribution in [2.24, 2.45) is 0 Å². The summed E-state index contributed by atoms with van der Waals surface area (Å²) < 4.78 is 16.3. The van der Waals surface area contributed by atoms with E-state index in [-0.39, 0.29) is 12.1 Å². The van der Waals surface area contributed by atoms with Gasteiger partial charge in [0.1, 0.15) is 11.3 Å². The van der Waals surface area contributed by atoms with Crippen LogP contribution in [0.4, 0.5) is 4.79 Å². The Morgan fingerprint density at radius 2 is 2.09 bits per heavy atom. The van der Waals surface area contributed by atoms with Gasteiger partial charge >= 0.3 is 6.09 Å². The van der Waals surface area contributed by atoms with Crippen molar-refractivity contribution in [3.8, 4) is 5.88 Å². The van der Waals surface area contributed by atoms with Gasteiger partial charge in [-0.15, -0.1) is 0 Å². The van der Waals surface area contributed by atoms with Crippen molar-refractivity contribution in [3.05, 3.63) is 18.1 Å². The van der Waals surface area contributed by atoms with Crippen LogP contribution in [0.25, 0.3) is 0 Å². The summed E-state index contributed by atoms with van der Waals surface area (Å²) in [5, 5.41) is 0. The van der Waals surface area contributed by atoms with E-state index >= 15 is 0 Å². The standard InChI is InChI=1S/C16H25N3O4/c1-16(2,3)23-15(20)19-9-5-6-12(19)10-22-11-13-14(21-4)18-8-7-17-13/h7-8,12H,5-6,9-11H2,1-4H3/t12-/m0/s1. The van der Waals surface area contributed by atoms with Gasteiger partial charge in [-0.25, -0.2) is 9.78 Å². The zero-order valence-electron chi connectivity index (χ0n) is 14.2. The summed E-state index contributed by atoms with van der Waals surface area (Å²) in [5.41, 5.74) is 0.162. The van der Waals surface area contributed by atoms with Crippen molar-refractivity contribution in [2.45, 2.75) is 51.9 Å². The maximum atomic E-state index is 12.2. The fraction of sp³-hybridized carbons (Fsp3) is 0.688. The molecule has 7 heteroatoms. The molecule has 1 atom stereocenters. The molecule has 2 rings (SSSR count). The first-order chi connectivity index (χ1) is 10.9. The molecule has 1 saturated heterocycles. The van der Waals surface area contributed by atoms with Crippen LogP contribution in [0.5, 0.6) is 5.88 Å². The lowest BCUT2D eigenvalue weighted by atomic mass is 10.2. The minimum Gasteiger partial charge on any atom is -0.480 e. The lowest BCUT2D eigenvalue weighted by Gasteiger charge is -2.28. The van der Waals surface area contributed by atoms with E-state index in [2.05, 4.69) is 9.97 Å². The summed E-state index contributed by atoms with van der Waals surface area (Å²) in [5.74, 6) is 0.461. The topological polar surface area (TPSA) is 73.8 Å². The predicted molar refractivity (Wildman–Crippen MR) is 84.2 cm³/mol. The van der Waals surface area contributed by atoms with Gasteiger partial charge in [0, 0.05) is 18.9 Å². The highest BCUT2D eigenvalue weighted by atomic mass is 16.6. The fourth-order valence-electron chi connectivity index (χ4n) is 2.49. The highest BCUT2D eigenvalue weighted by Gasteiger charge is 2.32. The minimum atomic E-state index is -0.488. The van der Waals surface area contributed by atoms with Crippen LogP contribution in [-0.4, -0.2) is 52.9 Å². The Balaban J connectivity index is 1.86. The second kappa shape index (κ2) is 7.59. The monoisotopic (exact) mass is 323 g/mol. The first-order valence-electron chi connectivity index (χ1n) is 7.82. The van der Waals surface area contributed by atoms with Crippen LogP contribution in [0.15, 0.2) is 12.4 Å². The third kappa shape index (κ3) is 5.06. The largest absolute Gasteiger partial charge is 0.480 e. The van der Waals surface area contributed by atoms with E-state index in [1.807, 2.05) is 20.8 Å². The summed E-state index contributed by atoms with van der Waals surface area (Å²) in [6.45, 7) is 7.05. The lowest BCUT2D eigenvalue weighted by molar-refractivity contribution is 0.00834. The van der Waals surface area contributed by atoms with Crippen molar-refractivity contribution < 1.29 is 19.0 Å². The van der Waals surface area contributed by atoms with Crippen molar-refractivity contribution in [2.75, 3.05) is 20.3 Å². The molecule has 0 spiro atoms. The summed E-state index contributed by atoms with van der Waals surface area (Å²) in [6, 6.07) is 0.0347. The number of carbonyl (C=O) groups excluding carboxylic acids is 1. The Bertz CT molecular complexity index is 530. The summed E-state index contributed by atoms with van der Waals surface area (Å²) in [7, 11) is 1.55. The quantitative estimate of drug-likeness (QED) is 0.828. The zero-order chi connectivity index (χ0) is 16.9. The van der Waals surface area contributed by atoms with Crippen LogP contribution in [0.2, 0.25) is 0 Å². The second-order valence-corrected chi connectivity index (χ2v) is 6.50. The molecule has 7 nitrogen and oxygen atoms in total. The van der Waals surface area contributed by atoms with Gasteiger partial charge in [0.2, 0.25) is 5.88 Å². The Hall–Kier alpha value is -1.89. The second-order valence-electron chi connectivity index (χ2n) is 6.50. The molecule has 1 fully saturated rings. The van der Waals surface area contributed by atoms with Gasteiger partial charge in [0.15, 0.2) is 0 Å². The number of amides is 1. The maximum absolute atomic E-state index is 12.2. The van der Waals surface area contributed by atoms with Crippen LogP contribution in [0, 0.1) is 0 Å². The molecule has 1 aliphatic rings. The number of methoxy groups -OCH3 is 1. The molecule has 0 saturated carbocycles. The minimum absolute atomic E-state index is 0.0347. The SMILES string of the molecule is COc1nccnc1COC[C@@H]1CCCN1C(=O)OC(C)(C)C. The number of ether oxygens (including phenoxy) is 3. The highest BCUT2D eigenvalue weighted by Crippen LogP contribution is 2.21. The number of carbonyl (C=O) groups is 1. The number of nitrogens with zero attached hydrogens (tertiary/aromatic N) is 3. The van der Waals surface area contributed by atoms with Gasteiger partial charge in [0.05, 0.1) is 26.4 Å². The molecule has 0 radical (unpaired) electrons. The molecule has 0 aliphatic carbocycles. The molecular weight excluding hydrogens is 298 g/mol. The summed E-state index contributed by atoms with van der Waals surface area (Å²) in [6.07, 6.45) is 4.77. The van der Waals surface area contributed by atoms with Crippen LogP contribution in [0.3, 0.4) is 0 Å². The van der Waals surface area contributed by atoms with Crippen molar-refractivity contribution >= 4 is 6.09 Å². The van der Waals surface area contributed by atoms with E-state index in [1.165, 1.54) is 0 Å².